The maximum atomic E-state index is 12.3. The molecule has 0 fully saturated rings. The number of amides is 1. The van der Waals surface area contributed by atoms with Gasteiger partial charge in [0.15, 0.2) is 0 Å². The number of aryl methyl sites for hydroxylation is 1. The van der Waals surface area contributed by atoms with Gasteiger partial charge in [-0.3, -0.25) is 4.79 Å². The van der Waals surface area contributed by atoms with Gasteiger partial charge in [-0.25, -0.2) is 0 Å². The molecule has 3 rings (SSSR count). The first-order valence-corrected chi connectivity index (χ1v) is 10.0. The van der Waals surface area contributed by atoms with E-state index in [2.05, 4.69) is 21.6 Å². The van der Waals surface area contributed by atoms with Gasteiger partial charge in [0, 0.05) is 12.1 Å². The van der Waals surface area contributed by atoms with Crippen LogP contribution in [0.25, 0.3) is 11.5 Å². The van der Waals surface area contributed by atoms with Crippen LogP contribution in [0.3, 0.4) is 0 Å². The molecule has 0 saturated heterocycles. The summed E-state index contributed by atoms with van der Waals surface area (Å²) < 4.78 is 5.72. The Morgan fingerprint density at radius 3 is 2.92 bits per heavy atom. The van der Waals surface area contributed by atoms with Crippen LogP contribution in [0.4, 0.5) is 0 Å². The average Bonchev–Trinajstić information content (AvgIpc) is 3.11. The highest BCUT2D eigenvalue weighted by Crippen LogP contribution is 2.27. The number of hydrogen-bond donors (Lipinski definition) is 1. The second-order valence-electron chi connectivity index (χ2n) is 6.60. The summed E-state index contributed by atoms with van der Waals surface area (Å²) in [6, 6.07) is 7.87. The van der Waals surface area contributed by atoms with Crippen LogP contribution in [-0.2, 0) is 4.79 Å². The van der Waals surface area contributed by atoms with Gasteiger partial charge in [-0.2, -0.15) is 0 Å². The zero-order chi connectivity index (χ0) is 18.4. The van der Waals surface area contributed by atoms with Crippen molar-refractivity contribution in [1.29, 1.82) is 0 Å². The van der Waals surface area contributed by atoms with Crippen LogP contribution in [0.1, 0.15) is 44.6 Å². The fourth-order valence-electron chi connectivity index (χ4n) is 3.01. The topological polar surface area (TPSA) is 68.0 Å². The number of benzene rings is 1. The van der Waals surface area contributed by atoms with Gasteiger partial charge in [0.25, 0.3) is 5.22 Å². The van der Waals surface area contributed by atoms with Crippen molar-refractivity contribution in [2.45, 2.75) is 56.4 Å². The molecule has 1 N–H and O–H groups in total. The minimum absolute atomic E-state index is 0.00190. The first-order valence-electron chi connectivity index (χ1n) is 9.15. The average molecular weight is 372 g/mol. The summed E-state index contributed by atoms with van der Waals surface area (Å²) in [4.78, 5) is 12.3. The van der Waals surface area contributed by atoms with Crippen LogP contribution in [0.2, 0.25) is 0 Å². The van der Waals surface area contributed by atoms with Crippen LogP contribution >= 0.6 is 11.8 Å². The maximum Gasteiger partial charge on any atom is 0.277 e. The molecule has 1 aromatic carbocycles. The standard InChI is InChI=1S/C20H25N3O2S/c1-14-8-6-7-11-17(14)19-22-23-20(25-19)26-15(2)18(24)21-13-12-16-9-4-3-5-10-16/h6-9,11,15H,3-5,10,12-13H2,1-2H3,(H,21,24)/t15-/m1/s1. The predicted octanol–water partition coefficient (Wildman–Crippen LogP) is 4.53. The molecule has 1 amide bonds. The number of allylic oxidation sites excluding steroid dienone is 1. The molecule has 1 heterocycles. The van der Waals surface area contributed by atoms with Gasteiger partial charge in [-0.05, 0) is 57.6 Å². The quantitative estimate of drug-likeness (QED) is 0.572. The Bertz CT molecular complexity index is 785. The predicted molar refractivity (Wildman–Crippen MR) is 104 cm³/mol. The van der Waals surface area contributed by atoms with Crippen LogP contribution < -0.4 is 5.32 Å². The van der Waals surface area contributed by atoms with Gasteiger partial charge >= 0.3 is 0 Å². The zero-order valence-corrected chi connectivity index (χ0v) is 16.1. The van der Waals surface area contributed by atoms with E-state index in [1.807, 2.05) is 38.1 Å². The van der Waals surface area contributed by atoms with Crippen molar-refractivity contribution in [2.75, 3.05) is 6.54 Å². The molecule has 6 heteroatoms. The van der Waals surface area contributed by atoms with Crippen LogP contribution in [0.5, 0.6) is 0 Å². The highest BCUT2D eigenvalue weighted by molar-refractivity contribution is 8.00. The first kappa shape index (κ1) is 18.7. The molecule has 1 atom stereocenters. The van der Waals surface area contributed by atoms with Gasteiger partial charge in [0.2, 0.25) is 11.8 Å². The lowest BCUT2D eigenvalue weighted by Gasteiger charge is -2.14. The molecule has 1 aliphatic rings. The molecular weight excluding hydrogens is 346 g/mol. The van der Waals surface area contributed by atoms with Gasteiger partial charge in [0.1, 0.15) is 0 Å². The molecule has 0 spiro atoms. The van der Waals surface area contributed by atoms with E-state index in [-0.39, 0.29) is 11.2 Å². The summed E-state index contributed by atoms with van der Waals surface area (Å²) in [7, 11) is 0. The second-order valence-corrected chi connectivity index (χ2v) is 7.89. The molecule has 0 bridgehead atoms. The summed E-state index contributed by atoms with van der Waals surface area (Å²) in [6.45, 7) is 4.55. The SMILES string of the molecule is Cc1ccccc1-c1nnc(S[C@H](C)C(=O)NCCC2=CCCCC2)o1. The van der Waals surface area contributed by atoms with Crippen LogP contribution in [0, 0.1) is 6.92 Å². The Morgan fingerprint density at radius 2 is 2.15 bits per heavy atom. The van der Waals surface area contributed by atoms with Crippen molar-refractivity contribution in [3.8, 4) is 11.5 Å². The molecule has 0 radical (unpaired) electrons. The molecule has 0 aliphatic heterocycles. The normalized spacial score (nSPS) is 15.4. The van der Waals surface area contributed by atoms with Crippen LogP contribution in [-0.4, -0.2) is 27.9 Å². The Hall–Kier alpha value is -2.08. The summed E-state index contributed by atoms with van der Waals surface area (Å²) in [5.41, 5.74) is 3.47. The number of hydrogen-bond acceptors (Lipinski definition) is 5. The molecule has 26 heavy (non-hydrogen) atoms. The maximum absolute atomic E-state index is 12.3. The number of carbonyl (C=O) groups is 1. The number of nitrogens with zero attached hydrogens (tertiary/aromatic N) is 2. The van der Waals surface area contributed by atoms with Crippen molar-refractivity contribution >= 4 is 17.7 Å². The van der Waals surface area contributed by atoms with E-state index in [0.717, 1.165) is 17.5 Å². The summed E-state index contributed by atoms with van der Waals surface area (Å²) in [5.74, 6) is 0.490. The Labute approximate surface area is 158 Å². The number of thioether (sulfide) groups is 1. The number of aromatic nitrogens is 2. The molecule has 1 aromatic heterocycles. The zero-order valence-electron chi connectivity index (χ0n) is 15.3. The third-order valence-electron chi connectivity index (χ3n) is 4.56. The minimum atomic E-state index is -0.277. The highest BCUT2D eigenvalue weighted by Gasteiger charge is 2.19. The Balaban J connectivity index is 1.50. The number of rotatable bonds is 7. The minimum Gasteiger partial charge on any atom is -0.411 e. The molecule has 5 nitrogen and oxygen atoms in total. The molecule has 0 saturated carbocycles. The van der Waals surface area contributed by atoms with Gasteiger partial charge in [0.05, 0.1) is 5.25 Å². The molecule has 0 unspecified atom stereocenters. The molecule has 1 aliphatic carbocycles. The lowest BCUT2D eigenvalue weighted by Crippen LogP contribution is -2.31. The van der Waals surface area contributed by atoms with E-state index in [4.69, 9.17) is 4.42 Å². The summed E-state index contributed by atoms with van der Waals surface area (Å²) in [6.07, 6.45) is 8.17. The third kappa shape index (κ3) is 4.97. The number of carbonyl (C=O) groups excluding carboxylic acids is 1. The monoisotopic (exact) mass is 371 g/mol. The van der Waals surface area contributed by atoms with Crippen molar-refractivity contribution in [1.82, 2.24) is 15.5 Å². The van der Waals surface area contributed by atoms with E-state index in [1.165, 1.54) is 43.0 Å². The Kier molecular flexibility index (Phi) is 6.50. The molecule has 2 aromatic rings. The second kappa shape index (κ2) is 9.03. The molecule has 138 valence electrons. The smallest absolute Gasteiger partial charge is 0.277 e. The van der Waals surface area contributed by atoms with E-state index < -0.39 is 0 Å². The first-order chi connectivity index (χ1) is 12.6. The summed E-state index contributed by atoms with van der Waals surface area (Å²) >= 11 is 1.29. The van der Waals surface area contributed by atoms with Crippen molar-refractivity contribution in [3.63, 3.8) is 0 Å². The lowest BCUT2D eigenvalue weighted by atomic mass is 9.97. The largest absolute Gasteiger partial charge is 0.411 e. The van der Waals surface area contributed by atoms with Crippen molar-refractivity contribution < 1.29 is 9.21 Å². The van der Waals surface area contributed by atoms with Crippen LogP contribution in [0.15, 0.2) is 45.6 Å². The van der Waals surface area contributed by atoms with Gasteiger partial charge in [-0.15, -0.1) is 10.2 Å². The fraction of sp³-hybridized carbons (Fsp3) is 0.450. The van der Waals surface area contributed by atoms with E-state index in [1.54, 1.807) is 0 Å². The summed E-state index contributed by atoms with van der Waals surface area (Å²) in [5, 5.41) is 11.3. The van der Waals surface area contributed by atoms with Gasteiger partial charge < -0.3 is 9.73 Å². The Morgan fingerprint density at radius 1 is 1.31 bits per heavy atom. The van der Waals surface area contributed by atoms with E-state index >= 15 is 0 Å². The highest BCUT2D eigenvalue weighted by atomic mass is 32.2. The van der Waals surface area contributed by atoms with E-state index in [9.17, 15) is 4.79 Å². The third-order valence-corrected chi connectivity index (χ3v) is 5.49. The lowest BCUT2D eigenvalue weighted by molar-refractivity contribution is -0.120. The van der Waals surface area contributed by atoms with Gasteiger partial charge in [-0.1, -0.05) is 41.6 Å². The number of nitrogens with one attached hydrogen (secondary N) is 1. The van der Waals surface area contributed by atoms with E-state index in [0.29, 0.717) is 17.7 Å². The fourth-order valence-corrected chi connectivity index (χ4v) is 3.71. The van der Waals surface area contributed by atoms with Crippen molar-refractivity contribution in [3.05, 3.63) is 41.5 Å². The molecular formula is C20H25N3O2S. The van der Waals surface area contributed by atoms with Crippen molar-refractivity contribution in [2.24, 2.45) is 0 Å².